The van der Waals surface area contributed by atoms with Crippen LogP contribution in [-0.2, 0) is 0 Å². The van der Waals surface area contributed by atoms with Crippen LogP contribution in [0.2, 0.25) is 0 Å². The predicted molar refractivity (Wildman–Crippen MR) is 63.7 cm³/mol. The SMILES string of the molecule is CCCCCCCCCCN(C)C([NH])=O. The van der Waals surface area contributed by atoms with Crippen molar-refractivity contribution in [1.82, 2.24) is 10.6 Å². The molecule has 0 bridgehead atoms. The molecule has 1 radical (unpaired) electrons. The summed E-state index contributed by atoms with van der Waals surface area (Å²) in [5.74, 6) is 0. The Bertz CT molecular complexity index is 160. The van der Waals surface area contributed by atoms with Crippen LogP contribution < -0.4 is 5.73 Å². The molecule has 0 saturated carbocycles. The highest BCUT2D eigenvalue weighted by Crippen LogP contribution is 2.08. The molecule has 0 fully saturated rings. The molecule has 0 unspecified atom stereocenters. The Morgan fingerprint density at radius 2 is 1.47 bits per heavy atom. The van der Waals surface area contributed by atoms with Gasteiger partial charge >= 0.3 is 6.03 Å². The second-order valence-electron chi connectivity index (χ2n) is 4.20. The van der Waals surface area contributed by atoms with Crippen molar-refractivity contribution < 1.29 is 4.79 Å². The summed E-state index contributed by atoms with van der Waals surface area (Å²) in [6.07, 6.45) is 10.2. The Balaban J connectivity index is 3.08. The van der Waals surface area contributed by atoms with E-state index in [4.69, 9.17) is 5.73 Å². The monoisotopic (exact) mass is 213 g/mol. The molecule has 0 aliphatic carbocycles. The van der Waals surface area contributed by atoms with Gasteiger partial charge in [-0.15, -0.1) is 0 Å². The van der Waals surface area contributed by atoms with Crippen LogP contribution in [0.3, 0.4) is 0 Å². The van der Waals surface area contributed by atoms with Gasteiger partial charge in [-0.25, -0.2) is 10.5 Å². The second-order valence-corrected chi connectivity index (χ2v) is 4.20. The summed E-state index contributed by atoms with van der Waals surface area (Å²) in [5.41, 5.74) is 6.86. The predicted octanol–water partition coefficient (Wildman–Crippen LogP) is 3.46. The van der Waals surface area contributed by atoms with Crippen LogP contribution in [0.25, 0.3) is 0 Å². The minimum atomic E-state index is -0.571. The first-order valence-corrected chi connectivity index (χ1v) is 6.15. The van der Waals surface area contributed by atoms with Crippen molar-refractivity contribution in [2.45, 2.75) is 58.3 Å². The third-order valence-corrected chi connectivity index (χ3v) is 2.69. The molecule has 3 nitrogen and oxygen atoms in total. The van der Waals surface area contributed by atoms with Gasteiger partial charge in [-0.1, -0.05) is 51.9 Å². The lowest BCUT2D eigenvalue weighted by molar-refractivity contribution is 0.216. The standard InChI is InChI=1S/C12H25N2O/c1-3-4-5-6-7-8-9-10-11-14(2)12(13)15/h13H,3-11H2,1-2H3. The molecule has 0 aromatic rings. The summed E-state index contributed by atoms with van der Waals surface area (Å²) in [6.45, 7) is 2.96. The van der Waals surface area contributed by atoms with Crippen molar-refractivity contribution >= 4 is 6.03 Å². The van der Waals surface area contributed by atoms with Crippen molar-refractivity contribution in [2.75, 3.05) is 13.6 Å². The molecule has 0 spiro atoms. The van der Waals surface area contributed by atoms with Crippen LogP contribution in [0, 0.1) is 0 Å². The van der Waals surface area contributed by atoms with Crippen LogP contribution in [0.15, 0.2) is 0 Å². The van der Waals surface area contributed by atoms with E-state index in [2.05, 4.69) is 6.92 Å². The number of hydrogen-bond acceptors (Lipinski definition) is 1. The Morgan fingerprint density at radius 1 is 1.00 bits per heavy atom. The summed E-state index contributed by atoms with van der Waals surface area (Å²) in [5, 5.41) is 0. The summed E-state index contributed by atoms with van der Waals surface area (Å²) >= 11 is 0. The van der Waals surface area contributed by atoms with Gasteiger partial charge in [-0.2, -0.15) is 0 Å². The third kappa shape index (κ3) is 9.57. The zero-order valence-corrected chi connectivity index (χ0v) is 10.2. The number of urea groups is 1. The largest absolute Gasteiger partial charge is 0.335 e. The molecule has 0 aliphatic rings. The minimum absolute atomic E-state index is 0.571. The normalized spacial score (nSPS) is 10.3. The van der Waals surface area contributed by atoms with Gasteiger partial charge in [0, 0.05) is 13.6 Å². The second kappa shape index (κ2) is 9.81. The number of carbonyl (C=O) groups is 1. The molecule has 0 rings (SSSR count). The van der Waals surface area contributed by atoms with Crippen LogP contribution in [-0.4, -0.2) is 24.5 Å². The van der Waals surface area contributed by atoms with Gasteiger partial charge in [0.05, 0.1) is 0 Å². The molecule has 89 valence electrons. The quantitative estimate of drug-likeness (QED) is 0.541. The fraction of sp³-hybridized carbons (Fsp3) is 0.917. The van der Waals surface area contributed by atoms with Crippen molar-refractivity contribution in [3.8, 4) is 0 Å². The number of nitrogens with zero attached hydrogens (tertiary/aromatic N) is 1. The van der Waals surface area contributed by atoms with E-state index in [-0.39, 0.29) is 0 Å². The molecule has 0 aromatic carbocycles. The van der Waals surface area contributed by atoms with Gasteiger partial charge < -0.3 is 4.90 Å². The highest BCUT2D eigenvalue weighted by molar-refractivity contribution is 5.70. The van der Waals surface area contributed by atoms with E-state index in [1.54, 1.807) is 7.05 Å². The molecule has 0 saturated heterocycles. The molecular weight excluding hydrogens is 188 g/mol. The molecule has 0 aromatic heterocycles. The van der Waals surface area contributed by atoms with Crippen LogP contribution >= 0.6 is 0 Å². The Labute approximate surface area is 94.0 Å². The molecule has 3 heteroatoms. The summed E-state index contributed by atoms with van der Waals surface area (Å²) < 4.78 is 0. The van der Waals surface area contributed by atoms with Crippen LogP contribution in [0.4, 0.5) is 4.79 Å². The lowest BCUT2D eigenvalue weighted by atomic mass is 10.1. The maximum atomic E-state index is 10.6. The van der Waals surface area contributed by atoms with Crippen LogP contribution in [0.5, 0.6) is 0 Å². The first kappa shape index (κ1) is 14.3. The van der Waals surface area contributed by atoms with Gasteiger partial charge in [0.25, 0.3) is 0 Å². The fourth-order valence-electron chi connectivity index (χ4n) is 1.58. The average molecular weight is 213 g/mol. The zero-order chi connectivity index (χ0) is 11.5. The van der Waals surface area contributed by atoms with Crippen molar-refractivity contribution in [1.29, 1.82) is 0 Å². The average Bonchev–Trinajstić information content (AvgIpc) is 2.21. The summed E-state index contributed by atoms with van der Waals surface area (Å²) in [6, 6.07) is -0.571. The van der Waals surface area contributed by atoms with E-state index >= 15 is 0 Å². The smallest absolute Gasteiger partial charge is 0.326 e. The summed E-state index contributed by atoms with van der Waals surface area (Å²) in [4.78, 5) is 12.0. The number of amides is 2. The highest BCUT2D eigenvalue weighted by atomic mass is 16.2. The van der Waals surface area contributed by atoms with E-state index in [0.717, 1.165) is 13.0 Å². The molecule has 2 amide bonds. The van der Waals surface area contributed by atoms with E-state index in [1.807, 2.05) is 0 Å². The van der Waals surface area contributed by atoms with E-state index in [1.165, 1.54) is 49.8 Å². The Kier molecular flexibility index (Phi) is 9.33. The lowest BCUT2D eigenvalue weighted by Gasteiger charge is -2.12. The van der Waals surface area contributed by atoms with Gasteiger partial charge in [-0.3, -0.25) is 0 Å². The maximum absolute atomic E-state index is 10.6. The molecule has 0 aliphatic heterocycles. The van der Waals surface area contributed by atoms with Crippen LogP contribution in [0.1, 0.15) is 58.3 Å². The third-order valence-electron chi connectivity index (χ3n) is 2.69. The maximum Gasteiger partial charge on any atom is 0.335 e. The number of nitrogens with one attached hydrogen (secondary N) is 1. The topological polar surface area (TPSA) is 44.1 Å². The first-order valence-electron chi connectivity index (χ1n) is 6.15. The Hall–Kier alpha value is -0.730. The van der Waals surface area contributed by atoms with Crippen molar-refractivity contribution in [3.05, 3.63) is 0 Å². The molecule has 1 N–H and O–H groups in total. The van der Waals surface area contributed by atoms with Gasteiger partial charge in [-0.05, 0) is 6.42 Å². The minimum Gasteiger partial charge on any atom is -0.326 e. The van der Waals surface area contributed by atoms with Gasteiger partial charge in [0.2, 0.25) is 0 Å². The Morgan fingerprint density at radius 3 is 1.93 bits per heavy atom. The highest BCUT2D eigenvalue weighted by Gasteiger charge is 2.01. The molecular formula is C12H25N2O. The zero-order valence-electron chi connectivity index (χ0n) is 10.2. The van der Waals surface area contributed by atoms with Gasteiger partial charge in [0.1, 0.15) is 0 Å². The molecule has 0 atom stereocenters. The van der Waals surface area contributed by atoms with Crippen molar-refractivity contribution in [2.24, 2.45) is 0 Å². The van der Waals surface area contributed by atoms with E-state index in [9.17, 15) is 4.79 Å². The number of hydrogen-bond donors (Lipinski definition) is 0. The van der Waals surface area contributed by atoms with E-state index < -0.39 is 6.03 Å². The summed E-state index contributed by atoms with van der Waals surface area (Å²) in [7, 11) is 1.69. The molecule has 0 heterocycles. The van der Waals surface area contributed by atoms with Crippen molar-refractivity contribution in [3.63, 3.8) is 0 Å². The first-order chi connectivity index (χ1) is 7.18. The lowest BCUT2D eigenvalue weighted by Crippen LogP contribution is -2.26. The number of carbonyl (C=O) groups excluding carboxylic acids is 1. The fourth-order valence-corrected chi connectivity index (χ4v) is 1.58. The number of rotatable bonds is 9. The molecule has 15 heavy (non-hydrogen) atoms. The number of unbranched alkanes of at least 4 members (excludes halogenated alkanes) is 7. The van der Waals surface area contributed by atoms with Gasteiger partial charge in [0.15, 0.2) is 0 Å². The van der Waals surface area contributed by atoms with E-state index in [0.29, 0.717) is 0 Å².